The summed E-state index contributed by atoms with van der Waals surface area (Å²) in [6, 6.07) is 10.3. The summed E-state index contributed by atoms with van der Waals surface area (Å²) < 4.78 is 34.0. The predicted octanol–water partition coefficient (Wildman–Crippen LogP) is 2.94. The van der Waals surface area contributed by atoms with Crippen molar-refractivity contribution < 1.29 is 22.7 Å². The Bertz CT molecular complexity index is 1160. The number of hydrogen-bond acceptors (Lipinski definition) is 8. The molecule has 2 atom stereocenters. The molecular weight excluding hydrogens is 438 g/mol. The molecular formula is C21H23N3O5S2. The van der Waals surface area contributed by atoms with Crippen LogP contribution >= 0.6 is 11.8 Å². The van der Waals surface area contributed by atoms with Crippen LogP contribution in [0.15, 0.2) is 41.4 Å². The highest BCUT2D eigenvalue weighted by molar-refractivity contribution is 8.15. The fourth-order valence-corrected chi connectivity index (χ4v) is 7.21. The summed E-state index contributed by atoms with van der Waals surface area (Å²) in [5.74, 6) is 1.09. The van der Waals surface area contributed by atoms with Gasteiger partial charge in [-0.15, -0.1) is 0 Å². The lowest BCUT2D eigenvalue weighted by Gasteiger charge is -2.13. The van der Waals surface area contributed by atoms with Crippen LogP contribution < -0.4 is 20.1 Å². The summed E-state index contributed by atoms with van der Waals surface area (Å²) in [6.07, 6.45) is 0. The lowest BCUT2D eigenvalue weighted by Crippen LogP contribution is -2.14. The number of nitrogens with one attached hydrogen (secondary N) is 2. The Hall–Kier alpha value is -2.72. The summed E-state index contributed by atoms with van der Waals surface area (Å²) in [6.45, 7) is 1.93. The Kier molecular flexibility index (Phi) is 5.85. The number of sulfone groups is 1. The number of aryl methyl sites for hydroxylation is 1. The van der Waals surface area contributed by atoms with Gasteiger partial charge in [-0.25, -0.2) is 8.42 Å². The van der Waals surface area contributed by atoms with Crippen molar-refractivity contribution in [2.24, 2.45) is 4.99 Å². The monoisotopic (exact) mass is 461 g/mol. The number of amidine groups is 1. The second kappa shape index (κ2) is 8.43. The Labute approximate surface area is 185 Å². The van der Waals surface area contributed by atoms with Crippen LogP contribution in [0.1, 0.15) is 15.9 Å². The number of thioether (sulfide) groups is 1. The van der Waals surface area contributed by atoms with E-state index < -0.39 is 9.84 Å². The zero-order valence-electron chi connectivity index (χ0n) is 17.3. The van der Waals surface area contributed by atoms with Crippen molar-refractivity contribution in [1.82, 2.24) is 0 Å². The van der Waals surface area contributed by atoms with Gasteiger partial charge in [0.2, 0.25) is 0 Å². The van der Waals surface area contributed by atoms with Gasteiger partial charge >= 0.3 is 0 Å². The largest absolute Gasteiger partial charge is 0.493 e. The number of fused-ring (bicyclic) bond motifs is 1. The minimum absolute atomic E-state index is 0.0376. The standard InChI is InChI=1S/C21H23N3O5S2/c1-12-4-5-13(20(25)22-14-6-7-17(28-2)18(9-14)29-3)8-15(12)23-21-24-16-10-31(26,27)11-19(16)30-21/h4-9,16,19H,10-11H2,1-3H3,(H,22,25)(H,23,24). The van der Waals surface area contributed by atoms with E-state index in [-0.39, 0.29) is 28.7 Å². The van der Waals surface area contributed by atoms with Crippen molar-refractivity contribution in [1.29, 1.82) is 0 Å². The molecule has 8 nitrogen and oxygen atoms in total. The Morgan fingerprint density at radius 1 is 1.10 bits per heavy atom. The van der Waals surface area contributed by atoms with Crippen LogP contribution in [0.4, 0.5) is 11.4 Å². The first-order valence-electron chi connectivity index (χ1n) is 9.64. The Morgan fingerprint density at radius 2 is 1.87 bits per heavy atom. The highest BCUT2D eigenvalue weighted by atomic mass is 32.2. The summed E-state index contributed by atoms with van der Waals surface area (Å²) >= 11 is 1.44. The average molecular weight is 462 g/mol. The number of anilines is 2. The van der Waals surface area contributed by atoms with E-state index in [0.29, 0.717) is 27.9 Å². The molecule has 10 heteroatoms. The third-order valence-electron chi connectivity index (χ3n) is 5.20. The third-order valence-corrected chi connectivity index (χ3v) is 8.34. The van der Waals surface area contributed by atoms with E-state index in [1.807, 2.05) is 13.0 Å². The van der Waals surface area contributed by atoms with Crippen LogP contribution in [-0.2, 0) is 9.84 Å². The van der Waals surface area contributed by atoms with E-state index in [1.54, 1.807) is 37.4 Å². The lowest BCUT2D eigenvalue weighted by atomic mass is 10.1. The number of carbonyl (C=O) groups is 1. The summed E-state index contributed by atoms with van der Waals surface area (Å²) in [5, 5.41) is 6.77. The minimum atomic E-state index is -2.99. The molecule has 0 radical (unpaired) electrons. The van der Waals surface area contributed by atoms with E-state index in [9.17, 15) is 13.2 Å². The number of rotatable bonds is 5. The van der Waals surface area contributed by atoms with Crippen LogP contribution in [0.5, 0.6) is 11.5 Å². The van der Waals surface area contributed by atoms with Crippen molar-refractivity contribution in [3.05, 3.63) is 47.5 Å². The highest BCUT2D eigenvalue weighted by Crippen LogP contribution is 2.35. The molecule has 1 saturated heterocycles. The van der Waals surface area contributed by atoms with Crippen molar-refractivity contribution in [3.8, 4) is 11.5 Å². The van der Waals surface area contributed by atoms with Gasteiger partial charge in [0.15, 0.2) is 26.5 Å². The molecule has 2 aromatic rings. The van der Waals surface area contributed by atoms with Crippen LogP contribution in [0.25, 0.3) is 0 Å². The summed E-state index contributed by atoms with van der Waals surface area (Å²) in [5.41, 5.74) is 2.78. The van der Waals surface area contributed by atoms with Gasteiger partial charge < -0.3 is 20.1 Å². The zero-order chi connectivity index (χ0) is 22.2. The number of ether oxygens (including phenoxy) is 2. The van der Waals surface area contributed by atoms with Crippen LogP contribution in [0.3, 0.4) is 0 Å². The number of amides is 1. The van der Waals surface area contributed by atoms with Gasteiger partial charge in [-0.05, 0) is 36.8 Å². The van der Waals surface area contributed by atoms with E-state index in [1.165, 1.54) is 18.9 Å². The van der Waals surface area contributed by atoms with E-state index in [0.717, 1.165) is 11.3 Å². The molecule has 164 valence electrons. The van der Waals surface area contributed by atoms with Crippen molar-refractivity contribution in [2.75, 3.05) is 36.4 Å². The first-order valence-corrected chi connectivity index (χ1v) is 12.3. The van der Waals surface area contributed by atoms with Gasteiger partial charge in [-0.2, -0.15) is 0 Å². The maximum absolute atomic E-state index is 12.8. The molecule has 0 aliphatic carbocycles. The second-order valence-electron chi connectivity index (χ2n) is 7.41. The molecule has 2 aromatic carbocycles. The zero-order valence-corrected chi connectivity index (χ0v) is 19.0. The fraction of sp³-hybridized carbons (Fsp3) is 0.333. The maximum Gasteiger partial charge on any atom is 0.255 e. The topological polar surface area (TPSA) is 106 Å². The molecule has 2 N–H and O–H groups in total. The number of carbonyl (C=O) groups excluding carboxylic acids is 1. The maximum atomic E-state index is 12.8. The average Bonchev–Trinajstić information content (AvgIpc) is 3.21. The van der Waals surface area contributed by atoms with Gasteiger partial charge in [-0.1, -0.05) is 17.8 Å². The second-order valence-corrected chi connectivity index (χ2v) is 10.8. The van der Waals surface area contributed by atoms with Crippen LogP contribution in [0.2, 0.25) is 0 Å². The van der Waals surface area contributed by atoms with Gasteiger partial charge in [0.05, 0.1) is 31.8 Å². The molecule has 2 heterocycles. The third kappa shape index (κ3) is 4.64. The van der Waals surface area contributed by atoms with Crippen LogP contribution in [0, 0.1) is 6.92 Å². The van der Waals surface area contributed by atoms with Crippen LogP contribution in [-0.4, -0.2) is 56.5 Å². The van der Waals surface area contributed by atoms with Crippen molar-refractivity contribution in [2.45, 2.75) is 18.2 Å². The van der Waals surface area contributed by atoms with Crippen molar-refractivity contribution >= 4 is 44.0 Å². The van der Waals surface area contributed by atoms with E-state index in [4.69, 9.17) is 9.47 Å². The molecule has 0 bridgehead atoms. The number of methoxy groups -OCH3 is 2. The SMILES string of the molecule is COc1ccc(NC(=O)c2ccc(C)c(NC3=NC4CS(=O)(=O)CC4S3)c2)cc1OC. The summed E-state index contributed by atoms with van der Waals surface area (Å²) in [7, 11) is 0.0953. The number of nitrogens with zero attached hydrogens (tertiary/aromatic N) is 1. The molecule has 1 amide bonds. The highest BCUT2D eigenvalue weighted by Gasteiger charge is 2.42. The molecule has 1 fully saturated rings. The normalized spacial score (nSPS) is 21.2. The number of aliphatic imine (C=N–C) groups is 1. The van der Waals surface area contributed by atoms with Gasteiger partial charge in [0, 0.05) is 28.3 Å². The molecule has 0 saturated carbocycles. The van der Waals surface area contributed by atoms with Gasteiger partial charge in [-0.3, -0.25) is 9.79 Å². The lowest BCUT2D eigenvalue weighted by molar-refractivity contribution is 0.102. The molecule has 2 unspecified atom stereocenters. The van der Waals surface area contributed by atoms with Gasteiger partial charge in [0.25, 0.3) is 5.91 Å². The molecule has 31 heavy (non-hydrogen) atoms. The fourth-order valence-electron chi connectivity index (χ4n) is 3.55. The summed E-state index contributed by atoms with van der Waals surface area (Å²) in [4.78, 5) is 17.3. The van der Waals surface area contributed by atoms with Gasteiger partial charge in [0.1, 0.15) is 0 Å². The molecule has 2 aliphatic rings. The van der Waals surface area contributed by atoms with E-state index in [2.05, 4.69) is 15.6 Å². The molecule has 0 aromatic heterocycles. The quantitative estimate of drug-likeness (QED) is 0.705. The molecule has 4 rings (SSSR count). The molecule has 0 spiro atoms. The first kappa shape index (κ1) is 21.5. The Balaban J connectivity index is 1.48. The first-order chi connectivity index (χ1) is 14.8. The smallest absolute Gasteiger partial charge is 0.255 e. The molecule has 2 aliphatic heterocycles. The number of benzene rings is 2. The van der Waals surface area contributed by atoms with E-state index >= 15 is 0 Å². The number of hydrogen-bond donors (Lipinski definition) is 2. The minimum Gasteiger partial charge on any atom is -0.493 e. The Morgan fingerprint density at radius 3 is 2.58 bits per heavy atom. The predicted molar refractivity (Wildman–Crippen MR) is 124 cm³/mol. The van der Waals surface area contributed by atoms with Crippen molar-refractivity contribution in [3.63, 3.8) is 0 Å².